The van der Waals surface area contributed by atoms with Crippen molar-refractivity contribution >= 4 is 17.5 Å². The fraction of sp³-hybridized carbons (Fsp3) is 0.370. The summed E-state index contributed by atoms with van der Waals surface area (Å²) >= 11 is 0. The number of carbonyl (C=O) groups is 2. The quantitative estimate of drug-likeness (QED) is 0.527. The minimum Gasteiger partial charge on any atom is -0.441 e. The number of aryl methyl sites for hydroxylation is 1. The SMILES string of the molecule is CC1CC(C)CN(C(=O)c2ccccc2NC(=O)CCCc2ncc(-c3ccccc3)o2)C1. The first-order chi connectivity index (χ1) is 16.0. The van der Waals surface area contributed by atoms with Crippen LogP contribution in [0, 0.1) is 11.8 Å². The lowest BCUT2D eigenvalue weighted by atomic mass is 9.91. The molecule has 6 nitrogen and oxygen atoms in total. The van der Waals surface area contributed by atoms with Crippen molar-refractivity contribution in [3.8, 4) is 11.3 Å². The number of nitrogens with zero attached hydrogens (tertiary/aromatic N) is 2. The summed E-state index contributed by atoms with van der Waals surface area (Å²) in [5.74, 6) is 2.17. The van der Waals surface area contributed by atoms with Crippen molar-refractivity contribution in [2.24, 2.45) is 11.8 Å². The maximum absolute atomic E-state index is 13.2. The first kappa shape index (κ1) is 22.8. The molecule has 3 aromatic rings. The van der Waals surface area contributed by atoms with Crippen LogP contribution in [-0.2, 0) is 11.2 Å². The number of rotatable bonds is 7. The lowest BCUT2D eigenvalue weighted by Gasteiger charge is -2.35. The van der Waals surface area contributed by atoms with Crippen molar-refractivity contribution in [3.05, 3.63) is 72.2 Å². The van der Waals surface area contributed by atoms with Gasteiger partial charge in [0.05, 0.1) is 17.4 Å². The molecule has 1 N–H and O–H groups in total. The second kappa shape index (κ2) is 10.5. The summed E-state index contributed by atoms with van der Waals surface area (Å²) in [6.07, 6.45) is 4.36. The molecule has 0 bridgehead atoms. The van der Waals surface area contributed by atoms with E-state index in [0.29, 0.717) is 48.2 Å². The van der Waals surface area contributed by atoms with E-state index >= 15 is 0 Å². The number of aromatic nitrogens is 1. The lowest BCUT2D eigenvalue weighted by Crippen LogP contribution is -2.42. The molecule has 1 aromatic heterocycles. The van der Waals surface area contributed by atoms with Crippen LogP contribution in [0.2, 0.25) is 0 Å². The van der Waals surface area contributed by atoms with Gasteiger partial charge in [-0.05, 0) is 36.8 Å². The van der Waals surface area contributed by atoms with E-state index in [4.69, 9.17) is 4.42 Å². The van der Waals surface area contributed by atoms with Gasteiger partial charge in [0.1, 0.15) is 0 Å². The van der Waals surface area contributed by atoms with E-state index in [0.717, 1.165) is 30.8 Å². The summed E-state index contributed by atoms with van der Waals surface area (Å²) in [7, 11) is 0. The zero-order valence-corrected chi connectivity index (χ0v) is 19.3. The standard InChI is InChI=1S/C27H31N3O3/c1-19-15-20(2)18-30(17-19)27(32)22-11-6-7-12-23(22)29-25(31)13-8-14-26-28-16-24(33-26)21-9-4-3-5-10-21/h3-7,9-12,16,19-20H,8,13-15,17-18H2,1-2H3,(H,29,31). The molecule has 0 radical (unpaired) electrons. The van der Waals surface area contributed by atoms with Crippen LogP contribution in [0.15, 0.2) is 65.2 Å². The third kappa shape index (κ3) is 5.89. The number of nitrogens with one attached hydrogen (secondary N) is 1. The van der Waals surface area contributed by atoms with Gasteiger partial charge in [-0.2, -0.15) is 0 Å². The second-order valence-corrected chi connectivity index (χ2v) is 9.09. The molecule has 1 saturated heterocycles. The molecule has 1 aliphatic rings. The van der Waals surface area contributed by atoms with Crippen molar-refractivity contribution in [1.82, 2.24) is 9.88 Å². The summed E-state index contributed by atoms with van der Waals surface area (Å²) in [5.41, 5.74) is 2.10. The van der Waals surface area contributed by atoms with Crippen LogP contribution in [0.3, 0.4) is 0 Å². The molecule has 1 aliphatic heterocycles. The Morgan fingerprint density at radius 1 is 1.03 bits per heavy atom. The van der Waals surface area contributed by atoms with Crippen molar-refractivity contribution < 1.29 is 14.0 Å². The summed E-state index contributed by atoms with van der Waals surface area (Å²) < 4.78 is 5.81. The number of carbonyl (C=O) groups excluding carboxylic acids is 2. The lowest BCUT2D eigenvalue weighted by molar-refractivity contribution is -0.116. The molecule has 1 fully saturated rings. The predicted octanol–water partition coefficient (Wildman–Crippen LogP) is 5.42. The number of hydrogen-bond acceptors (Lipinski definition) is 4. The number of benzene rings is 2. The van der Waals surface area contributed by atoms with E-state index in [9.17, 15) is 9.59 Å². The van der Waals surface area contributed by atoms with Gasteiger partial charge in [-0.15, -0.1) is 0 Å². The van der Waals surface area contributed by atoms with Gasteiger partial charge in [0.15, 0.2) is 11.7 Å². The zero-order chi connectivity index (χ0) is 23.2. The monoisotopic (exact) mass is 445 g/mol. The van der Waals surface area contributed by atoms with Crippen molar-refractivity contribution in [1.29, 1.82) is 0 Å². The predicted molar refractivity (Wildman–Crippen MR) is 129 cm³/mol. The second-order valence-electron chi connectivity index (χ2n) is 9.09. The van der Waals surface area contributed by atoms with Gasteiger partial charge in [0.2, 0.25) is 5.91 Å². The Morgan fingerprint density at radius 2 is 1.73 bits per heavy atom. The molecule has 0 aliphatic carbocycles. The number of para-hydroxylation sites is 1. The number of piperidine rings is 1. The first-order valence-corrected chi connectivity index (χ1v) is 11.7. The molecule has 2 unspecified atom stereocenters. The molecule has 2 amide bonds. The average Bonchev–Trinajstić information content (AvgIpc) is 3.28. The third-order valence-corrected chi connectivity index (χ3v) is 5.99. The highest BCUT2D eigenvalue weighted by Gasteiger charge is 2.27. The molecule has 172 valence electrons. The van der Waals surface area contributed by atoms with Gasteiger partial charge in [0, 0.05) is 31.5 Å². The first-order valence-electron chi connectivity index (χ1n) is 11.7. The van der Waals surface area contributed by atoms with E-state index < -0.39 is 0 Å². The summed E-state index contributed by atoms with van der Waals surface area (Å²) in [4.78, 5) is 32.0. The highest BCUT2D eigenvalue weighted by Crippen LogP contribution is 2.25. The highest BCUT2D eigenvalue weighted by molar-refractivity contribution is 6.03. The maximum atomic E-state index is 13.2. The van der Waals surface area contributed by atoms with Gasteiger partial charge in [-0.3, -0.25) is 9.59 Å². The van der Waals surface area contributed by atoms with E-state index in [-0.39, 0.29) is 11.8 Å². The summed E-state index contributed by atoms with van der Waals surface area (Å²) in [6.45, 7) is 5.87. The summed E-state index contributed by atoms with van der Waals surface area (Å²) in [5, 5.41) is 2.93. The van der Waals surface area contributed by atoms with E-state index in [1.165, 1.54) is 0 Å². The van der Waals surface area contributed by atoms with Crippen LogP contribution in [0.25, 0.3) is 11.3 Å². The largest absolute Gasteiger partial charge is 0.441 e. The smallest absolute Gasteiger partial charge is 0.255 e. The molecule has 2 aromatic carbocycles. The van der Waals surface area contributed by atoms with Gasteiger partial charge >= 0.3 is 0 Å². The van der Waals surface area contributed by atoms with Crippen molar-refractivity contribution in [2.45, 2.75) is 39.5 Å². The van der Waals surface area contributed by atoms with E-state index in [2.05, 4.69) is 24.1 Å². The van der Waals surface area contributed by atoms with Crippen LogP contribution < -0.4 is 5.32 Å². The third-order valence-electron chi connectivity index (χ3n) is 5.99. The van der Waals surface area contributed by atoms with E-state index in [1.54, 1.807) is 18.3 Å². The normalized spacial score (nSPS) is 18.2. The number of anilines is 1. The Balaban J connectivity index is 1.32. The average molecular weight is 446 g/mol. The van der Waals surface area contributed by atoms with Crippen LogP contribution in [0.5, 0.6) is 0 Å². The Kier molecular flexibility index (Phi) is 7.23. The molecule has 6 heteroatoms. The molecule has 0 saturated carbocycles. The van der Waals surface area contributed by atoms with Crippen LogP contribution in [0.4, 0.5) is 5.69 Å². The maximum Gasteiger partial charge on any atom is 0.255 e. The van der Waals surface area contributed by atoms with Gasteiger partial charge < -0.3 is 14.6 Å². The summed E-state index contributed by atoms with van der Waals surface area (Å²) in [6, 6.07) is 17.1. The van der Waals surface area contributed by atoms with E-state index in [1.807, 2.05) is 47.4 Å². The van der Waals surface area contributed by atoms with Gasteiger partial charge in [0.25, 0.3) is 5.91 Å². The topological polar surface area (TPSA) is 75.4 Å². The van der Waals surface area contributed by atoms with Crippen molar-refractivity contribution in [2.75, 3.05) is 18.4 Å². The van der Waals surface area contributed by atoms with Crippen LogP contribution in [-0.4, -0.2) is 34.8 Å². The van der Waals surface area contributed by atoms with Crippen LogP contribution in [0.1, 0.15) is 49.4 Å². The molecule has 2 atom stereocenters. The molecule has 4 rings (SSSR count). The zero-order valence-electron chi connectivity index (χ0n) is 19.3. The Bertz CT molecular complexity index is 1080. The molecular weight excluding hydrogens is 414 g/mol. The number of hydrogen-bond donors (Lipinski definition) is 1. The minimum atomic E-state index is -0.120. The number of likely N-dealkylation sites (tertiary alicyclic amines) is 1. The Morgan fingerprint density at radius 3 is 2.48 bits per heavy atom. The molecule has 33 heavy (non-hydrogen) atoms. The molecule has 0 spiro atoms. The molecule has 2 heterocycles. The number of oxazole rings is 1. The minimum absolute atomic E-state index is 0.0162. The van der Waals surface area contributed by atoms with Gasteiger partial charge in [-0.25, -0.2) is 4.98 Å². The fourth-order valence-corrected chi connectivity index (χ4v) is 4.55. The highest BCUT2D eigenvalue weighted by atomic mass is 16.4. The Hall–Kier alpha value is -3.41. The van der Waals surface area contributed by atoms with Crippen LogP contribution >= 0.6 is 0 Å². The Labute approximate surface area is 195 Å². The fourth-order valence-electron chi connectivity index (χ4n) is 4.55. The van der Waals surface area contributed by atoms with Gasteiger partial charge in [-0.1, -0.05) is 56.3 Å². The molecular formula is C27H31N3O3. The number of amides is 2. The van der Waals surface area contributed by atoms with Crippen molar-refractivity contribution in [3.63, 3.8) is 0 Å².